The molecular weight excluding hydrogens is 372 g/mol. The first kappa shape index (κ1) is 19.3. The standard InChI is InChI=1S/C31H26/c1-22(2)23-13-15-25(16-14-23)28-20-29-19-27(24-9-5-3-6-10-24)17-18-30(29)31(21-28)26-11-7-4-8-12-26/h3-22H,1-2H3. The van der Waals surface area contributed by atoms with Gasteiger partial charge in [0.05, 0.1) is 0 Å². The lowest BCUT2D eigenvalue weighted by Gasteiger charge is -2.14. The Kier molecular flexibility index (Phi) is 5.14. The van der Waals surface area contributed by atoms with Gasteiger partial charge in [-0.15, -0.1) is 0 Å². The van der Waals surface area contributed by atoms with Crippen LogP contribution >= 0.6 is 0 Å². The molecule has 31 heavy (non-hydrogen) atoms. The van der Waals surface area contributed by atoms with Crippen molar-refractivity contribution in [1.82, 2.24) is 0 Å². The zero-order chi connectivity index (χ0) is 21.2. The van der Waals surface area contributed by atoms with Crippen molar-refractivity contribution in [3.8, 4) is 33.4 Å². The van der Waals surface area contributed by atoms with Gasteiger partial charge in [0.15, 0.2) is 0 Å². The SMILES string of the molecule is CC(C)c1ccc(-c2cc(-c3ccccc3)c3ccc(-c4ccccc4)cc3c2)cc1. The second-order valence-electron chi connectivity index (χ2n) is 8.47. The van der Waals surface area contributed by atoms with Crippen LogP contribution in [0.3, 0.4) is 0 Å². The Morgan fingerprint density at radius 1 is 0.452 bits per heavy atom. The van der Waals surface area contributed by atoms with Gasteiger partial charge in [0, 0.05) is 0 Å². The fraction of sp³-hybridized carbons (Fsp3) is 0.0968. The summed E-state index contributed by atoms with van der Waals surface area (Å²) in [5.74, 6) is 0.541. The van der Waals surface area contributed by atoms with Crippen LogP contribution in [0, 0.1) is 0 Å². The maximum atomic E-state index is 2.34. The first-order valence-electron chi connectivity index (χ1n) is 11.0. The van der Waals surface area contributed by atoms with E-state index in [2.05, 4.69) is 129 Å². The minimum Gasteiger partial charge on any atom is -0.0622 e. The first-order chi connectivity index (χ1) is 15.2. The number of hydrogen-bond donors (Lipinski definition) is 0. The van der Waals surface area contributed by atoms with Crippen molar-refractivity contribution >= 4 is 10.8 Å². The monoisotopic (exact) mass is 398 g/mol. The van der Waals surface area contributed by atoms with Gasteiger partial charge >= 0.3 is 0 Å². The van der Waals surface area contributed by atoms with Gasteiger partial charge in [-0.3, -0.25) is 0 Å². The fourth-order valence-corrected chi connectivity index (χ4v) is 4.26. The molecular formula is C31H26. The average molecular weight is 399 g/mol. The normalized spacial score (nSPS) is 11.2. The molecule has 5 aromatic rings. The Balaban J connectivity index is 1.72. The highest BCUT2D eigenvalue weighted by Gasteiger charge is 2.10. The summed E-state index contributed by atoms with van der Waals surface area (Å²) in [5.41, 5.74) is 8.91. The highest BCUT2D eigenvalue weighted by molar-refractivity contribution is 6.01. The largest absolute Gasteiger partial charge is 0.0622 e. The summed E-state index contributed by atoms with van der Waals surface area (Å²) in [4.78, 5) is 0. The zero-order valence-corrected chi connectivity index (χ0v) is 18.0. The highest BCUT2D eigenvalue weighted by atomic mass is 14.1. The van der Waals surface area contributed by atoms with Crippen molar-refractivity contribution in [2.24, 2.45) is 0 Å². The van der Waals surface area contributed by atoms with E-state index in [4.69, 9.17) is 0 Å². The molecule has 0 aliphatic heterocycles. The zero-order valence-electron chi connectivity index (χ0n) is 18.0. The minimum absolute atomic E-state index is 0.541. The van der Waals surface area contributed by atoms with E-state index in [9.17, 15) is 0 Å². The van der Waals surface area contributed by atoms with Gasteiger partial charge in [-0.25, -0.2) is 0 Å². The summed E-state index contributed by atoms with van der Waals surface area (Å²) in [7, 11) is 0. The highest BCUT2D eigenvalue weighted by Crippen LogP contribution is 2.36. The molecule has 150 valence electrons. The van der Waals surface area contributed by atoms with Crippen LogP contribution in [0.5, 0.6) is 0 Å². The van der Waals surface area contributed by atoms with Gasteiger partial charge in [-0.1, -0.05) is 111 Å². The van der Waals surface area contributed by atoms with Gasteiger partial charge in [-0.2, -0.15) is 0 Å². The smallest absolute Gasteiger partial charge is 0.00992 e. The second kappa shape index (κ2) is 8.24. The van der Waals surface area contributed by atoms with Crippen LogP contribution in [0.25, 0.3) is 44.2 Å². The van der Waals surface area contributed by atoms with E-state index in [1.54, 1.807) is 0 Å². The molecule has 0 spiro atoms. The Morgan fingerprint density at radius 3 is 1.65 bits per heavy atom. The molecule has 0 atom stereocenters. The molecule has 5 aromatic carbocycles. The van der Waals surface area contributed by atoms with Gasteiger partial charge in [0.25, 0.3) is 0 Å². The van der Waals surface area contributed by atoms with Gasteiger partial charge in [-0.05, 0) is 73.8 Å². The van der Waals surface area contributed by atoms with E-state index in [1.807, 2.05) is 0 Å². The molecule has 5 rings (SSSR count). The molecule has 0 heterocycles. The fourth-order valence-electron chi connectivity index (χ4n) is 4.26. The quantitative estimate of drug-likeness (QED) is 0.283. The predicted molar refractivity (Wildman–Crippen MR) is 134 cm³/mol. The Bertz CT molecular complexity index is 1310. The Labute approximate surface area is 184 Å². The van der Waals surface area contributed by atoms with Crippen molar-refractivity contribution in [1.29, 1.82) is 0 Å². The molecule has 0 amide bonds. The van der Waals surface area contributed by atoms with Gasteiger partial charge < -0.3 is 0 Å². The van der Waals surface area contributed by atoms with E-state index in [0.29, 0.717) is 5.92 Å². The Hall–Kier alpha value is -3.64. The summed E-state index contributed by atoms with van der Waals surface area (Å²) in [5, 5.41) is 2.55. The molecule has 0 fully saturated rings. The summed E-state index contributed by atoms with van der Waals surface area (Å²) in [6.07, 6.45) is 0. The molecule has 0 aliphatic rings. The third-order valence-corrected chi connectivity index (χ3v) is 6.06. The lowest BCUT2D eigenvalue weighted by molar-refractivity contribution is 0.867. The summed E-state index contributed by atoms with van der Waals surface area (Å²) in [6.45, 7) is 4.48. The number of fused-ring (bicyclic) bond motifs is 1. The van der Waals surface area contributed by atoms with E-state index < -0.39 is 0 Å². The second-order valence-corrected chi connectivity index (χ2v) is 8.47. The lowest BCUT2D eigenvalue weighted by Crippen LogP contribution is -1.89. The number of benzene rings is 5. The minimum atomic E-state index is 0.541. The van der Waals surface area contributed by atoms with Gasteiger partial charge in [0.1, 0.15) is 0 Å². The maximum absolute atomic E-state index is 2.34. The van der Waals surface area contributed by atoms with Crippen molar-refractivity contribution in [2.75, 3.05) is 0 Å². The molecule has 0 saturated carbocycles. The average Bonchev–Trinajstić information content (AvgIpc) is 2.84. The summed E-state index contributed by atoms with van der Waals surface area (Å²) in [6, 6.07) is 41.8. The van der Waals surface area contributed by atoms with Crippen LogP contribution < -0.4 is 0 Å². The van der Waals surface area contributed by atoms with E-state index in [0.717, 1.165) is 0 Å². The summed E-state index contributed by atoms with van der Waals surface area (Å²) >= 11 is 0. The molecule has 0 aliphatic carbocycles. The number of rotatable bonds is 4. The van der Waals surface area contributed by atoms with E-state index in [1.165, 1.54) is 49.7 Å². The number of hydrogen-bond acceptors (Lipinski definition) is 0. The molecule has 0 radical (unpaired) electrons. The van der Waals surface area contributed by atoms with Crippen molar-refractivity contribution in [2.45, 2.75) is 19.8 Å². The topological polar surface area (TPSA) is 0 Å². The molecule has 0 nitrogen and oxygen atoms in total. The van der Waals surface area contributed by atoms with E-state index >= 15 is 0 Å². The first-order valence-corrected chi connectivity index (χ1v) is 11.0. The third-order valence-electron chi connectivity index (χ3n) is 6.06. The maximum Gasteiger partial charge on any atom is -0.00992 e. The van der Waals surface area contributed by atoms with Gasteiger partial charge in [0.2, 0.25) is 0 Å². The van der Waals surface area contributed by atoms with Crippen LogP contribution in [0.2, 0.25) is 0 Å². The molecule has 0 aromatic heterocycles. The molecule has 0 bridgehead atoms. The molecule has 0 N–H and O–H groups in total. The van der Waals surface area contributed by atoms with Crippen molar-refractivity contribution < 1.29 is 0 Å². The lowest BCUT2D eigenvalue weighted by atomic mass is 9.90. The predicted octanol–water partition coefficient (Wildman–Crippen LogP) is 8.96. The molecule has 0 saturated heterocycles. The molecule has 0 unspecified atom stereocenters. The van der Waals surface area contributed by atoms with Crippen LogP contribution in [0.15, 0.2) is 115 Å². The van der Waals surface area contributed by atoms with E-state index in [-0.39, 0.29) is 0 Å². The van der Waals surface area contributed by atoms with Crippen LogP contribution in [0.4, 0.5) is 0 Å². The van der Waals surface area contributed by atoms with Crippen LogP contribution in [0.1, 0.15) is 25.3 Å². The van der Waals surface area contributed by atoms with Crippen LogP contribution in [-0.4, -0.2) is 0 Å². The summed E-state index contributed by atoms with van der Waals surface area (Å²) < 4.78 is 0. The third kappa shape index (κ3) is 3.90. The Morgan fingerprint density at radius 2 is 1.00 bits per heavy atom. The molecule has 0 heteroatoms. The van der Waals surface area contributed by atoms with Crippen molar-refractivity contribution in [3.63, 3.8) is 0 Å². The van der Waals surface area contributed by atoms with Crippen molar-refractivity contribution in [3.05, 3.63) is 121 Å². The van der Waals surface area contributed by atoms with Crippen LogP contribution in [-0.2, 0) is 0 Å².